The quantitative estimate of drug-likeness (QED) is 0.448. The maximum atomic E-state index is 12.5. The molecule has 0 saturated carbocycles. The van der Waals surface area contributed by atoms with Gasteiger partial charge in [0.2, 0.25) is 0 Å². The normalized spacial score (nSPS) is 10.9. The highest BCUT2D eigenvalue weighted by molar-refractivity contribution is 5.90. The SMILES string of the molecule is COc1ccc2cc(CN(C)C(=O)COC(=O)c3cn4c(C)cccc4n3)ccc2c1. The number of esters is 1. The highest BCUT2D eigenvalue weighted by Gasteiger charge is 2.17. The molecule has 0 saturated heterocycles. The lowest BCUT2D eigenvalue weighted by Gasteiger charge is -2.17. The van der Waals surface area contributed by atoms with Crippen molar-refractivity contribution in [3.05, 3.63) is 77.7 Å². The standard InChI is InChI=1S/C24H23N3O4/c1-16-5-4-6-22-25-21(14-27(16)22)24(29)31-15-23(28)26(2)13-17-7-8-19-12-20(30-3)10-9-18(19)11-17/h4-12,14H,13,15H2,1-3H3. The summed E-state index contributed by atoms with van der Waals surface area (Å²) in [5, 5.41) is 2.13. The van der Waals surface area contributed by atoms with E-state index in [1.54, 1.807) is 24.8 Å². The van der Waals surface area contributed by atoms with Crippen LogP contribution in [0.4, 0.5) is 0 Å². The van der Waals surface area contributed by atoms with Gasteiger partial charge in [0.1, 0.15) is 11.4 Å². The molecule has 0 bridgehead atoms. The molecule has 7 nitrogen and oxygen atoms in total. The third-order valence-corrected chi connectivity index (χ3v) is 5.19. The summed E-state index contributed by atoms with van der Waals surface area (Å²) < 4.78 is 12.2. The van der Waals surface area contributed by atoms with E-state index in [2.05, 4.69) is 4.98 Å². The molecule has 0 radical (unpaired) electrons. The molecule has 4 aromatic rings. The molecule has 2 aromatic carbocycles. The Balaban J connectivity index is 1.37. The van der Waals surface area contributed by atoms with Gasteiger partial charge in [-0.25, -0.2) is 9.78 Å². The maximum Gasteiger partial charge on any atom is 0.359 e. The van der Waals surface area contributed by atoms with Crippen LogP contribution in [0.5, 0.6) is 5.75 Å². The monoisotopic (exact) mass is 417 g/mol. The molecule has 158 valence electrons. The average Bonchev–Trinajstić information content (AvgIpc) is 3.22. The van der Waals surface area contributed by atoms with Gasteiger partial charge in [0.05, 0.1) is 7.11 Å². The Morgan fingerprint density at radius 1 is 1.06 bits per heavy atom. The predicted molar refractivity (Wildman–Crippen MR) is 117 cm³/mol. The lowest BCUT2D eigenvalue weighted by atomic mass is 10.1. The molecule has 1 amide bonds. The third-order valence-electron chi connectivity index (χ3n) is 5.19. The van der Waals surface area contributed by atoms with Gasteiger partial charge in [0, 0.05) is 25.5 Å². The Bertz CT molecular complexity index is 1280. The Labute approximate surface area is 179 Å². The zero-order valence-electron chi connectivity index (χ0n) is 17.7. The fourth-order valence-electron chi connectivity index (χ4n) is 3.42. The number of imidazole rings is 1. The number of ether oxygens (including phenoxy) is 2. The second-order valence-corrected chi connectivity index (χ2v) is 7.39. The number of methoxy groups -OCH3 is 1. The number of fused-ring (bicyclic) bond motifs is 2. The molecule has 0 aliphatic heterocycles. The van der Waals surface area contributed by atoms with Crippen molar-refractivity contribution in [1.82, 2.24) is 14.3 Å². The minimum absolute atomic E-state index is 0.176. The topological polar surface area (TPSA) is 73.1 Å². The summed E-state index contributed by atoms with van der Waals surface area (Å²) >= 11 is 0. The molecule has 31 heavy (non-hydrogen) atoms. The molecule has 4 rings (SSSR count). The van der Waals surface area contributed by atoms with Gasteiger partial charge in [-0.1, -0.05) is 24.3 Å². The van der Waals surface area contributed by atoms with Crippen molar-refractivity contribution < 1.29 is 19.1 Å². The van der Waals surface area contributed by atoms with Gasteiger partial charge in [-0.3, -0.25) is 4.79 Å². The van der Waals surface area contributed by atoms with Gasteiger partial charge in [0.25, 0.3) is 5.91 Å². The van der Waals surface area contributed by atoms with Crippen molar-refractivity contribution in [3.63, 3.8) is 0 Å². The van der Waals surface area contributed by atoms with Crippen molar-refractivity contribution in [3.8, 4) is 5.75 Å². The maximum absolute atomic E-state index is 12.5. The molecular weight excluding hydrogens is 394 g/mol. The highest BCUT2D eigenvalue weighted by atomic mass is 16.5. The number of aryl methyl sites for hydroxylation is 1. The van der Waals surface area contributed by atoms with E-state index in [0.29, 0.717) is 12.2 Å². The molecule has 2 aromatic heterocycles. The number of benzene rings is 2. The second-order valence-electron chi connectivity index (χ2n) is 7.39. The fraction of sp³-hybridized carbons (Fsp3) is 0.208. The van der Waals surface area contributed by atoms with Crippen LogP contribution in [0, 0.1) is 6.92 Å². The zero-order chi connectivity index (χ0) is 22.0. The van der Waals surface area contributed by atoms with Crippen LogP contribution in [0.1, 0.15) is 21.7 Å². The number of hydrogen-bond acceptors (Lipinski definition) is 5. The molecule has 2 heterocycles. The fourth-order valence-corrected chi connectivity index (χ4v) is 3.42. The number of amides is 1. The minimum atomic E-state index is -0.621. The summed E-state index contributed by atoms with van der Waals surface area (Å²) in [4.78, 5) is 30.6. The van der Waals surface area contributed by atoms with E-state index >= 15 is 0 Å². The van der Waals surface area contributed by atoms with Gasteiger partial charge in [-0.2, -0.15) is 0 Å². The van der Waals surface area contributed by atoms with E-state index in [-0.39, 0.29) is 18.2 Å². The van der Waals surface area contributed by atoms with Crippen LogP contribution in [0.25, 0.3) is 16.4 Å². The van der Waals surface area contributed by atoms with Crippen molar-refractivity contribution in [1.29, 1.82) is 0 Å². The van der Waals surface area contributed by atoms with Gasteiger partial charge >= 0.3 is 5.97 Å². The molecule has 0 unspecified atom stereocenters. The predicted octanol–water partition coefficient (Wildman–Crippen LogP) is 3.62. The first-order valence-electron chi connectivity index (χ1n) is 9.87. The zero-order valence-corrected chi connectivity index (χ0v) is 17.7. The number of carbonyl (C=O) groups excluding carboxylic acids is 2. The van der Waals surface area contributed by atoms with Crippen LogP contribution in [-0.2, 0) is 16.1 Å². The molecule has 0 N–H and O–H groups in total. The summed E-state index contributed by atoms with van der Waals surface area (Å²) in [5.41, 5.74) is 2.77. The van der Waals surface area contributed by atoms with Crippen LogP contribution >= 0.6 is 0 Å². The Kier molecular flexibility index (Phi) is 5.58. The summed E-state index contributed by atoms with van der Waals surface area (Å²) in [6.07, 6.45) is 1.62. The Hall–Kier alpha value is -3.87. The summed E-state index contributed by atoms with van der Waals surface area (Å²) in [6, 6.07) is 17.5. The number of nitrogens with zero attached hydrogens (tertiary/aromatic N) is 3. The van der Waals surface area contributed by atoms with Crippen LogP contribution in [0.3, 0.4) is 0 Å². The number of aromatic nitrogens is 2. The van der Waals surface area contributed by atoms with E-state index < -0.39 is 5.97 Å². The largest absolute Gasteiger partial charge is 0.497 e. The number of pyridine rings is 1. The van der Waals surface area contributed by atoms with Crippen LogP contribution < -0.4 is 4.74 Å². The van der Waals surface area contributed by atoms with E-state index in [9.17, 15) is 9.59 Å². The van der Waals surface area contributed by atoms with E-state index in [4.69, 9.17) is 9.47 Å². The van der Waals surface area contributed by atoms with E-state index in [1.165, 1.54) is 4.90 Å². The molecule has 0 aliphatic rings. The number of likely N-dealkylation sites (N-methyl/N-ethyl adjacent to an activating group) is 1. The summed E-state index contributed by atoms with van der Waals surface area (Å²) in [7, 11) is 3.32. The number of rotatable bonds is 6. The van der Waals surface area contributed by atoms with E-state index in [1.807, 2.05) is 61.5 Å². The Morgan fingerprint density at radius 3 is 2.61 bits per heavy atom. The van der Waals surface area contributed by atoms with Crippen molar-refractivity contribution >= 4 is 28.3 Å². The lowest BCUT2D eigenvalue weighted by molar-refractivity contribution is -0.133. The first-order valence-corrected chi connectivity index (χ1v) is 9.87. The van der Waals surface area contributed by atoms with Gasteiger partial charge in [-0.15, -0.1) is 0 Å². The van der Waals surface area contributed by atoms with Gasteiger partial charge in [0.15, 0.2) is 12.3 Å². The smallest absolute Gasteiger partial charge is 0.359 e. The highest BCUT2D eigenvalue weighted by Crippen LogP contribution is 2.22. The first kappa shape index (κ1) is 20.4. The molecule has 7 heteroatoms. The average molecular weight is 417 g/mol. The van der Waals surface area contributed by atoms with Crippen molar-refractivity contribution in [2.75, 3.05) is 20.8 Å². The summed E-state index contributed by atoms with van der Waals surface area (Å²) in [6.45, 7) is 1.99. The Morgan fingerprint density at radius 2 is 1.84 bits per heavy atom. The molecule has 0 atom stereocenters. The first-order chi connectivity index (χ1) is 14.9. The third kappa shape index (κ3) is 4.35. The summed E-state index contributed by atoms with van der Waals surface area (Å²) in [5.74, 6) is -0.109. The molecular formula is C24H23N3O4. The van der Waals surface area contributed by atoms with Crippen LogP contribution in [0.2, 0.25) is 0 Å². The van der Waals surface area contributed by atoms with Crippen LogP contribution in [-0.4, -0.2) is 46.9 Å². The molecule has 0 aliphatic carbocycles. The minimum Gasteiger partial charge on any atom is -0.497 e. The van der Waals surface area contributed by atoms with Crippen molar-refractivity contribution in [2.45, 2.75) is 13.5 Å². The number of carbonyl (C=O) groups is 2. The lowest BCUT2D eigenvalue weighted by Crippen LogP contribution is -2.30. The number of hydrogen-bond donors (Lipinski definition) is 0. The van der Waals surface area contributed by atoms with Gasteiger partial charge in [-0.05, 0) is 53.6 Å². The van der Waals surface area contributed by atoms with E-state index in [0.717, 1.165) is 27.8 Å². The second kappa shape index (κ2) is 8.47. The van der Waals surface area contributed by atoms with Crippen molar-refractivity contribution in [2.24, 2.45) is 0 Å². The van der Waals surface area contributed by atoms with Gasteiger partial charge < -0.3 is 18.8 Å². The molecule has 0 fully saturated rings. The van der Waals surface area contributed by atoms with Crippen LogP contribution in [0.15, 0.2) is 60.8 Å². The molecule has 0 spiro atoms.